The molecular weight excluding hydrogens is 262 g/mol. The van der Waals surface area contributed by atoms with E-state index in [-0.39, 0.29) is 11.3 Å². The first-order chi connectivity index (χ1) is 8.95. The number of halogens is 1. The fourth-order valence-corrected chi connectivity index (χ4v) is 2.72. The van der Waals surface area contributed by atoms with Crippen LogP contribution < -0.4 is 0 Å². The molecule has 0 N–H and O–H groups in total. The van der Waals surface area contributed by atoms with Crippen molar-refractivity contribution in [1.29, 1.82) is 5.26 Å². The van der Waals surface area contributed by atoms with Gasteiger partial charge in [0, 0.05) is 18.9 Å². The molecule has 0 unspecified atom stereocenters. The molecule has 0 bridgehead atoms. The van der Waals surface area contributed by atoms with Crippen molar-refractivity contribution in [2.45, 2.75) is 32.7 Å². The molecule has 1 aromatic rings. The monoisotopic (exact) mass is 277 g/mol. The second kappa shape index (κ2) is 5.18. The fraction of sp³-hybridized carbons (Fsp3) is 0.500. The maximum absolute atomic E-state index is 12.5. The number of nitrogens with zero attached hydrogens (tertiary/aromatic N) is 3. The normalized spacial score (nSPS) is 21.8. The van der Waals surface area contributed by atoms with Crippen molar-refractivity contribution in [2.24, 2.45) is 5.41 Å². The van der Waals surface area contributed by atoms with Gasteiger partial charge in [0.25, 0.3) is 5.91 Å². The van der Waals surface area contributed by atoms with E-state index in [1.165, 1.54) is 12.4 Å². The standard InChI is InChI=1S/C14H16ClN3O/c1-14(2)4-3-5-18(12(14)7-16)13(19)10-6-11(15)9-17-8-10/h6,8-9,12H,3-5H2,1-2H3/t12-/m0/s1. The second-order valence-corrected chi connectivity index (χ2v) is 5.95. The molecule has 2 heterocycles. The van der Waals surface area contributed by atoms with E-state index in [0.717, 1.165) is 12.8 Å². The Bertz CT molecular complexity index is 536. The molecule has 19 heavy (non-hydrogen) atoms. The minimum absolute atomic E-state index is 0.172. The van der Waals surface area contributed by atoms with E-state index in [9.17, 15) is 10.1 Å². The van der Waals surface area contributed by atoms with Gasteiger partial charge in [0.15, 0.2) is 0 Å². The first-order valence-corrected chi connectivity index (χ1v) is 6.64. The number of nitriles is 1. The molecule has 0 radical (unpaired) electrons. The number of likely N-dealkylation sites (tertiary alicyclic amines) is 1. The third-order valence-corrected chi connectivity index (χ3v) is 3.81. The van der Waals surface area contributed by atoms with E-state index < -0.39 is 6.04 Å². The van der Waals surface area contributed by atoms with Gasteiger partial charge < -0.3 is 4.90 Å². The smallest absolute Gasteiger partial charge is 0.256 e. The summed E-state index contributed by atoms with van der Waals surface area (Å²) in [6.45, 7) is 4.65. The van der Waals surface area contributed by atoms with Gasteiger partial charge in [0.2, 0.25) is 0 Å². The SMILES string of the molecule is CC1(C)CCCN(C(=O)c2cncc(Cl)c2)[C@H]1C#N. The molecule has 1 saturated heterocycles. The minimum atomic E-state index is -0.410. The van der Waals surface area contributed by atoms with Crippen molar-refractivity contribution >= 4 is 17.5 Å². The van der Waals surface area contributed by atoms with Gasteiger partial charge in [-0.3, -0.25) is 9.78 Å². The van der Waals surface area contributed by atoms with Gasteiger partial charge in [-0.2, -0.15) is 5.26 Å². The lowest BCUT2D eigenvalue weighted by Crippen LogP contribution is -2.51. The molecule has 0 aliphatic carbocycles. The van der Waals surface area contributed by atoms with Crippen LogP contribution in [-0.2, 0) is 0 Å². The molecule has 1 aliphatic rings. The molecule has 5 heteroatoms. The summed E-state index contributed by atoms with van der Waals surface area (Å²) in [6, 6.07) is 3.44. The Kier molecular flexibility index (Phi) is 3.77. The second-order valence-electron chi connectivity index (χ2n) is 5.51. The summed E-state index contributed by atoms with van der Waals surface area (Å²) in [4.78, 5) is 18.0. The summed E-state index contributed by atoms with van der Waals surface area (Å²) in [7, 11) is 0. The highest BCUT2D eigenvalue weighted by Gasteiger charge is 2.40. The van der Waals surface area contributed by atoms with Crippen molar-refractivity contribution < 1.29 is 4.79 Å². The quantitative estimate of drug-likeness (QED) is 0.793. The van der Waals surface area contributed by atoms with Gasteiger partial charge in [0.05, 0.1) is 16.7 Å². The van der Waals surface area contributed by atoms with Crippen LogP contribution in [0, 0.1) is 16.7 Å². The highest BCUT2D eigenvalue weighted by molar-refractivity contribution is 6.30. The predicted molar refractivity (Wildman–Crippen MR) is 72.7 cm³/mol. The molecular formula is C14H16ClN3O. The molecule has 100 valence electrons. The lowest BCUT2D eigenvalue weighted by molar-refractivity contribution is 0.0437. The van der Waals surface area contributed by atoms with Gasteiger partial charge in [0.1, 0.15) is 6.04 Å². The average Bonchev–Trinajstić information content (AvgIpc) is 2.36. The number of hydrogen-bond donors (Lipinski definition) is 0. The van der Waals surface area contributed by atoms with Crippen LogP contribution in [-0.4, -0.2) is 28.4 Å². The lowest BCUT2D eigenvalue weighted by atomic mass is 9.77. The van der Waals surface area contributed by atoms with Crippen LogP contribution >= 0.6 is 11.6 Å². The Hall–Kier alpha value is -1.60. The zero-order valence-electron chi connectivity index (χ0n) is 11.1. The molecule has 0 aromatic carbocycles. The Morgan fingerprint density at radius 2 is 2.32 bits per heavy atom. The average molecular weight is 278 g/mol. The van der Waals surface area contributed by atoms with Crippen molar-refractivity contribution in [1.82, 2.24) is 9.88 Å². The molecule has 1 amide bonds. The number of rotatable bonds is 1. The topological polar surface area (TPSA) is 57.0 Å². The summed E-state index contributed by atoms with van der Waals surface area (Å²) in [6.07, 6.45) is 4.83. The van der Waals surface area contributed by atoms with E-state index in [4.69, 9.17) is 11.6 Å². The number of aromatic nitrogens is 1. The number of amides is 1. The molecule has 0 spiro atoms. The van der Waals surface area contributed by atoms with Gasteiger partial charge >= 0.3 is 0 Å². The van der Waals surface area contributed by atoms with E-state index >= 15 is 0 Å². The number of hydrogen-bond acceptors (Lipinski definition) is 3. The van der Waals surface area contributed by atoms with Crippen LogP contribution in [0.2, 0.25) is 5.02 Å². The number of piperidine rings is 1. The first kappa shape index (κ1) is 13.8. The zero-order chi connectivity index (χ0) is 14.0. The highest BCUT2D eigenvalue weighted by atomic mass is 35.5. The fourth-order valence-electron chi connectivity index (χ4n) is 2.55. The number of carbonyl (C=O) groups is 1. The van der Waals surface area contributed by atoms with Crippen LogP contribution in [0.5, 0.6) is 0 Å². The Labute approximate surface area is 118 Å². The lowest BCUT2D eigenvalue weighted by Gasteiger charge is -2.42. The zero-order valence-corrected chi connectivity index (χ0v) is 11.8. The Morgan fingerprint density at radius 1 is 1.58 bits per heavy atom. The molecule has 1 aromatic heterocycles. The number of pyridine rings is 1. The van der Waals surface area contributed by atoms with Crippen LogP contribution in [0.15, 0.2) is 18.5 Å². The van der Waals surface area contributed by atoms with E-state index in [1.807, 2.05) is 13.8 Å². The van der Waals surface area contributed by atoms with Crippen LogP contribution in [0.1, 0.15) is 37.0 Å². The van der Waals surface area contributed by atoms with E-state index in [0.29, 0.717) is 17.1 Å². The molecule has 4 nitrogen and oxygen atoms in total. The Morgan fingerprint density at radius 3 is 2.95 bits per heavy atom. The molecule has 0 saturated carbocycles. The number of carbonyl (C=O) groups excluding carboxylic acids is 1. The van der Waals surface area contributed by atoms with Gasteiger partial charge in [-0.05, 0) is 24.3 Å². The van der Waals surface area contributed by atoms with E-state index in [1.54, 1.807) is 11.0 Å². The summed E-state index contributed by atoms with van der Waals surface area (Å²) in [5.74, 6) is -0.172. The third kappa shape index (κ3) is 2.71. The summed E-state index contributed by atoms with van der Waals surface area (Å²) >= 11 is 5.86. The highest BCUT2D eigenvalue weighted by Crippen LogP contribution is 2.35. The Balaban J connectivity index is 2.30. The van der Waals surface area contributed by atoms with E-state index in [2.05, 4.69) is 11.1 Å². The molecule has 1 fully saturated rings. The van der Waals surface area contributed by atoms with Gasteiger partial charge in [-0.15, -0.1) is 0 Å². The largest absolute Gasteiger partial charge is 0.322 e. The maximum atomic E-state index is 12.5. The maximum Gasteiger partial charge on any atom is 0.256 e. The van der Waals surface area contributed by atoms with Crippen LogP contribution in [0.25, 0.3) is 0 Å². The van der Waals surface area contributed by atoms with Crippen LogP contribution in [0.3, 0.4) is 0 Å². The first-order valence-electron chi connectivity index (χ1n) is 6.27. The van der Waals surface area contributed by atoms with Gasteiger partial charge in [-0.1, -0.05) is 25.4 Å². The third-order valence-electron chi connectivity index (χ3n) is 3.61. The predicted octanol–water partition coefficient (Wildman–Crippen LogP) is 2.89. The summed E-state index contributed by atoms with van der Waals surface area (Å²) < 4.78 is 0. The van der Waals surface area contributed by atoms with Crippen molar-refractivity contribution in [3.05, 3.63) is 29.0 Å². The summed E-state index contributed by atoms with van der Waals surface area (Å²) in [5.41, 5.74) is 0.250. The van der Waals surface area contributed by atoms with Crippen molar-refractivity contribution in [2.75, 3.05) is 6.54 Å². The van der Waals surface area contributed by atoms with Crippen molar-refractivity contribution in [3.8, 4) is 6.07 Å². The van der Waals surface area contributed by atoms with Gasteiger partial charge in [-0.25, -0.2) is 0 Å². The molecule has 1 aliphatic heterocycles. The summed E-state index contributed by atoms with van der Waals surface area (Å²) in [5, 5.41) is 9.79. The van der Waals surface area contributed by atoms with Crippen molar-refractivity contribution in [3.63, 3.8) is 0 Å². The molecule has 1 atom stereocenters. The van der Waals surface area contributed by atoms with Crippen LogP contribution in [0.4, 0.5) is 0 Å². The minimum Gasteiger partial charge on any atom is -0.322 e. The molecule has 2 rings (SSSR count).